The van der Waals surface area contributed by atoms with Crippen LogP contribution in [-0.2, 0) is 9.63 Å². The third kappa shape index (κ3) is 3.27. The van der Waals surface area contributed by atoms with Crippen LogP contribution in [-0.4, -0.2) is 31.6 Å². The number of carbonyl (C=O) groups is 3. The van der Waals surface area contributed by atoms with Gasteiger partial charge in [-0.3, -0.25) is 14.5 Å². The topological polar surface area (TPSA) is 89.7 Å². The van der Waals surface area contributed by atoms with E-state index in [1.54, 1.807) is 0 Å². The van der Waals surface area contributed by atoms with Gasteiger partial charge in [-0.25, -0.2) is 4.79 Å². The number of rotatable bonds is 4. The summed E-state index contributed by atoms with van der Waals surface area (Å²) in [5.41, 5.74) is 0.622. The van der Waals surface area contributed by atoms with Crippen LogP contribution in [0.1, 0.15) is 33.6 Å². The lowest BCUT2D eigenvalue weighted by molar-refractivity contribution is -0.125. The molecule has 1 atom stereocenters. The summed E-state index contributed by atoms with van der Waals surface area (Å²) in [6.45, 7) is 0. The Kier molecular flexibility index (Phi) is 5.01. The van der Waals surface area contributed by atoms with Crippen molar-refractivity contribution in [2.24, 2.45) is 5.90 Å². The van der Waals surface area contributed by atoms with E-state index in [0.717, 1.165) is 0 Å². The van der Waals surface area contributed by atoms with E-state index < -0.39 is 10.0 Å². The fourth-order valence-electron chi connectivity index (χ4n) is 1.94. The third-order valence-electron chi connectivity index (χ3n) is 3.05. The molecule has 1 amide bonds. The smallest absolute Gasteiger partial charge is 0.356 e. The number of hydrogen-bond acceptors (Lipinski definition) is 6. The maximum absolute atomic E-state index is 12.4. The molecule has 6 nitrogen and oxygen atoms in total. The molecule has 1 fully saturated rings. The standard InChI is InChI=1S/C13H11IN2O4S/c14-12(16-9(17)5-6-10(16)21)11(18)7-1-3-8(4-2-7)13(19)20-15/h1-4,12H,5-6,15H2. The first-order valence-electron chi connectivity index (χ1n) is 6.00. The number of carbonyl (C=O) groups excluding carboxylic acids is 3. The van der Waals surface area contributed by atoms with Gasteiger partial charge in [-0.2, -0.15) is 5.90 Å². The Bertz CT molecular complexity index is 601. The molecule has 1 heterocycles. The van der Waals surface area contributed by atoms with Crippen molar-refractivity contribution in [1.29, 1.82) is 0 Å². The number of thiocarbonyl (C=S) groups is 1. The van der Waals surface area contributed by atoms with Crippen LogP contribution in [0.4, 0.5) is 0 Å². The van der Waals surface area contributed by atoms with Crippen molar-refractivity contribution in [1.82, 2.24) is 4.90 Å². The maximum atomic E-state index is 12.4. The predicted octanol–water partition coefficient (Wildman–Crippen LogP) is 1.61. The van der Waals surface area contributed by atoms with Crippen molar-refractivity contribution < 1.29 is 19.2 Å². The van der Waals surface area contributed by atoms with Gasteiger partial charge in [0, 0.05) is 18.4 Å². The highest BCUT2D eigenvalue weighted by molar-refractivity contribution is 14.1. The lowest BCUT2D eigenvalue weighted by Crippen LogP contribution is -2.39. The number of alkyl halides is 1. The molecule has 0 aromatic heterocycles. The van der Waals surface area contributed by atoms with Gasteiger partial charge in [0.1, 0.15) is 0 Å². The summed E-state index contributed by atoms with van der Waals surface area (Å²) in [7, 11) is 0. The van der Waals surface area contributed by atoms with Gasteiger partial charge in [-0.15, -0.1) is 0 Å². The Balaban J connectivity index is 2.18. The zero-order valence-corrected chi connectivity index (χ0v) is 13.7. The second kappa shape index (κ2) is 6.58. The van der Waals surface area contributed by atoms with E-state index in [9.17, 15) is 14.4 Å². The first-order valence-corrected chi connectivity index (χ1v) is 7.65. The van der Waals surface area contributed by atoms with Crippen molar-refractivity contribution in [2.45, 2.75) is 16.9 Å². The van der Waals surface area contributed by atoms with Gasteiger partial charge in [-0.05, 0) is 34.7 Å². The van der Waals surface area contributed by atoms with E-state index in [1.165, 1.54) is 29.2 Å². The van der Waals surface area contributed by atoms with Crippen LogP contribution >= 0.6 is 34.8 Å². The summed E-state index contributed by atoms with van der Waals surface area (Å²) in [4.78, 5) is 41.3. The van der Waals surface area contributed by atoms with Gasteiger partial charge in [0.05, 0.1) is 10.6 Å². The largest absolute Gasteiger partial charge is 0.370 e. The second-order valence-corrected chi connectivity index (χ2v) is 5.99. The average molecular weight is 418 g/mol. The Morgan fingerprint density at radius 2 is 1.81 bits per heavy atom. The molecule has 1 saturated heterocycles. The average Bonchev–Trinajstić information content (AvgIpc) is 2.84. The molecule has 0 radical (unpaired) electrons. The number of halogens is 1. The Hall–Kier alpha value is -1.39. The number of hydrogen-bond donors (Lipinski definition) is 1. The highest BCUT2D eigenvalue weighted by atomic mass is 127. The van der Waals surface area contributed by atoms with Crippen molar-refractivity contribution in [3.63, 3.8) is 0 Å². The summed E-state index contributed by atoms with van der Waals surface area (Å²) >= 11 is 7.00. The van der Waals surface area contributed by atoms with Crippen LogP contribution in [0.3, 0.4) is 0 Å². The molecule has 21 heavy (non-hydrogen) atoms. The normalized spacial score (nSPS) is 16.0. The molecule has 2 N–H and O–H groups in total. The third-order valence-corrected chi connectivity index (χ3v) is 4.57. The minimum atomic E-state index is -0.684. The first kappa shape index (κ1) is 16.0. The zero-order valence-electron chi connectivity index (χ0n) is 10.7. The summed E-state index contributed by atoms with van der Waals surface area (Å²) in [6.07, 6.45) is 0.842. The number of nitrogens with two attached hydrogens (primary N) is 1. The Morgan fingerprint density at radius 1 is 1.24 bits per heavy atom. The molecule has 1 aliphatic rings. The molecule has 0 bridgehead atoms. The summed E-state index contributed by atoms with van der Waals surface area (Å²) in [6, 6.07) is 5.86. The van der Waals surface area contributed by atoms with Crippen LogP contribution in [0.15, 0.2) is 24.3 Å². The van der Waals surface area contributed by atoms with Gasteiger partial charge in [0.2, 0.25) is 5.91 Å². The minimum absolute atomic E-state index is 0.143. The fraction of sp³-hybridized carbons (Fsp3) is 0.231. The molecule has 1 aromatic carbocycles. The molecule has 0 saturated carbocycles. The van der Waals surface area contributed by atoms with E-state index in [2.05, 4.69) is 4.84 Å². The number of nitrogens with zero attached hydrogens (tertiary/aromatic N) is 1. The van der Waals surface area contributed by atoms with Crippen molar-refractivity contribution in [3.05, 3.63) is 35.4 Å². The number of ketones is 1. The second-order valence-electron chi connectivity index (χ2n) is 4.34. The first-order chi connectivity index (χ1) is 9.95. The van der Waals surface area contributed by atoms with E-state index in [4.69, 9.17) is 18.1 Å². The monoisotopic (exact) mass is 418 g/mol. The van der Waals surface area contributed by atoms with E-state index in [0.29, 0.717) is 23.4 Å². The molecule has 8 heteroatoms. The van der Waals surface area contributed by atoms with Gasteiger partial charge >= 0.3 is 5.97 Å². The van der Waals surface area contributed by atoms with Crippen LogP contribution in [0, 0.1) is 0 Å². The number of amides is 1. The van der Waals surface area contributed by atoms with Gasteiger partial charge in [0.15, 0.2) is 9.83 Å². The molecule has 1 unspecified atom stereocenters. The van der Waals surface area contributed by atoms with Gasteiger partial charge < -0.3 is 4.84 Å². The summed E-state index contributed by atoms with van der Waals surface area (Å²) < 4.78 is -0.683. The molecule has 1 aliphatic heterocycles. The van der Waals surface area contributed by atoms with E-state index in [1.807, 2.05) is 22.6 Å². The lowest BCUT2D eigenvalue weighted by Gasteiger charge is -2.21. The molecule has 2 rings (SSSR count). The highest BCUT2D eigenvalue weighted by Gasteiger charge is 2.35. The van der Waals surface area contributed by atoms with Crippen LogP contribution in [0.25, 0.3) is 0 Å². The minimum Gasteiger partial charge on any atom is -0.370 e. The fourth-order valence-corrected chi connectivity index (χ4v) is 3.44. The molecule has 0 spiro atoms. The number of Topliss-reactive ketones (excluding diaryl/α,β-unsaturated/α-hetero) is 1. The quantitative estimate of drug-likeness (QED) is 0.200. The van der Waals surface area contributed by atoms with Gasteiger partial charge in [0.25, 0.3) is 0 Å². The van der Waals surface area contributed by atoms with Crippen molar-refractivity contribution in [2.75, 3.05) is 0 Å². The van der Waals surface area contributed by atoms with Crippen molar-refractivity contribution >= 4 is 57.5 Å². The Labute approximate surface area is 139 Å². The van der Waals surface area contributed by atoms with Crippen LogP contribution < -0.4 is 5.90 Å². The molecule has 0 aliphatic carbocycles. The highest BCUT2D eigenvalue weighted by Crippen LogP contribution is 2.23. The van der Waals surface area contributed by atoms with E-state index >= 15 is 0 Å². The SMILES string of the molecule is NOC(=O)c1ccc(C(=O)C(I)N2C(=O)CCC2=S)cc1. The Morgan fingerprint density at radius 3 is 2.29 bits per heavy atom. The predicted molar refractivity (Wildman–Crippen MR) is 86.9 cm³/mol. The summed E-state index contributed by atoms with van der Waals surface area (Å²) in [5.74, 6) is 3.71. The molecular weight excluding hydrogens is 407 g/mol. The molecular formula is C13H11IN2O4S. The summed E-state index contributed by atoms with van der Waals surface area (Å²) in [5, 5.41) is 0. The molecule has 1 aromatic rings. The van der Waals surface area contributed by atoms with Crippen LogP contribution in [0.2, 0.25) is 0 Å². The molecule has 110 valence electrons. The zero-order chi connectivity index (χ0) is 15.6. The number of benzene rings is 1. The maximum Gasteiger partial charge on any atom is 0.356 e. The van der Waals surface area contributed by atoms with Gasteiger partial charge in [-0.1, -0.05) is 24.4 Å². The number of likely N-dealkylation sites (tertiary alicyclic amines) is 1. The van der Waals surface area contributed by atoms with E-state index in [-0.39, 0.29) is 17.3 Å². The van der Waals surface area contributed by atoms with Crippen LogP contribution in [0.5, 0.6) is 0 Å². The lowest BCUT2D eigenvalue weighted by atomic mass is 10.1. The van der Waals surface area contributed by atoms with Crippen molar-refractivity contribution in [3.8, 4) is 0 Å².